The van der Waals surface area contributed by atoms with Crippen LogP contribution in [0, 0.1) is 0 Å². The first-order valence-electron chi connectivity index (χ1n) is 10.8. The van der Waals surface area contributed by atoms with Crippen LogP contribution in [-0.4, -0.2) is 49.2 Å². The molecule has 0 bridgehead atoms. The second-order valence-corrected chi connectivity index (χ2v) is 7.75. The maximum absolute atomic E-state index is 13.0. The maximum Gasteiger partial charge on any atom is 0.255 e. The third-order valence-electron chi connectivity index (χ3n) is 5.42. The Morgan fingerprint density at radius 3 is 2.76 bits per heavy atom. The van der Waals surface area contributed by atoms with Gasteiger partial charge >= 0.3 is 0 Å². The third-order valence-corrected chi connectivity index (χ3v) is 5.42. The summed E-state index contributed by atoms with van der Waals surface area (Å²) >= 11 is 0. The van der Waals surface area contributed by atoms with E-state index >= 15 is 0 Å². The number of morpholine rings is 1. The van der Waals surface area contributed by atoms with Crippen LogP contribution in [0.25, 0.3) is 0 Å². The van der Waals surface area contributed by atoms with Crippen LogP contribution in [0.1, 0.15) is 21.5 Å². The predicted octanol–water partition coefficient (Wildman–Crippen LogP) is 3.34. The summed E-state index contributed by atoms with van der Waals surface area (Å²) in [5.41, 5.74) is 8.96. The lowest BCUT2D eigenvalue weighted by Crippen LogP contribution is -2.35. The van der Waals surface area contributed by atoms with Gasteiger partial charge in [0, 0.05) is 42.6 Å². The molecule has 8 heteroatoms. The van der Waals surface area contributed by atoms with E-state index in [0.717, 1.165) is 43.2 Å². The summed E-state index contributed by atoms with van der Waals surface area (Å²) in [5, 5.41) is 2.97. The lowest BCUT2D eigenvalue weighted by Gasteiger charge is -2.27. The topological polar surface area (TPSA) is 98.9 Å². The van der Waals surface area contributed by atoms with Gasteiger partial charge in [-0.05, 0) is 48.0 Å². The zero-order valence-corrected chi connectivity index (χ0v) is 18.6. The number of anilines is 2. The number of hydrogen-bond donors (Lipinski definition) is 2. The number of benzene rings is 2. The molecule has 3 aromatic rings. The van der Waals surface area contributed by atoms with Crippen LogP contribution in [0.3, 0.4) is 0 Å². The number of hydrogen-bond acceptors (Lipinski definition) is 7. The number of methoxy groups -OCH3 is 1. The molecule has 0 unspecified atom stereocenters. The zero-order chi connectivity index (χ0) is 23.0. The highest BCUT2D eigenvalue weighted by atomic mass is 16.5. The van der Waals surface area contributed by atoms with E-state index in [1.165, 1.54) is 0 Å². The van der Waals surface area contributed by atoms with Gasteiger partial charge in [-0.2, -0.15) is 0 Å². The Morgan fingerprint density at radius 1 is 1.12 bits per heavy atom. The Hall–Kier alpha value is -3.62. The van der Waals surface area contributed by atoms with Crippen molar-refractivity contribution in [2.45, 2.75) is 13.2 Å². The highest BCUT2D eigenvalue weighted by Crippen LogP contribution is 2.24. The van der Waals surface area contributed by atoms with E-state index in [0.29, 0.717) is 36.0 Å². The predicted molar refractivity (Wildman–Crippen MR) is 126 cm³/mol. The van der Waals surface area contributed by atoms with Crippen LogP contribution in [0.15, 0.2) is 60.8 Å². The van der Waals surface area contributed by atoms with Crippen LogP contribution in [0.5, 0.6) is 11.5 Å². The van der Waals surface area contributed by atoms with E-state index in [1.807, 2.05) is 36.4 Å². The van der Waals surface area contributed by atoms with Crippen molar-refractivity contribution in [2.24, 2.45) is 0 Å². The summed E-state index contributed by atoms with van der Waals surface area (Å²) in [6.45, 7) is 4.17. The summed E-state index contributed by atoms with van der Waals surface area (Å²) in [6.07, 6.45) is 1.61. The summed E-state index contributed by atoms with van der Waals surface area (Å²) < 4.78 is 16.7. The van der Waals surface area contributed by atoms with Gasteiger partial charge in [0.1, 0.15) is 12.4 Å². The Labute approximate surface area is 193 Å². The van der Waals surface area contributed by atoms with E-state index in [4.69, 9.17) is 19.9 Å². The summed E-state index contributed by atoms with van der Waals surface area (Å²) in [6, 6.07) is 16.6. The minimum absolute atomic E-state index is 0.185. The summed E-state index contributed by atoms with van der Waals surface area (Å²) in [4.78, 5) is 19.3. The second-order valence-electron chi connectivity index (χ2n) is 7.75. The van der Waals surface area contributed by atoms with E-state index in [1.54, 1.807) is 31.5 Å². The average molecular weight is 449 g/mol. The Bertz CT molecular complexity index is 1100. The molecule has 33 heavy (non-hydrogen) atoms. The van der Waals surface area contributed by atoms with Crippen LogP contribution in [-0.2, 0) is 17.9 Å². The first-order valence-corrected chi connectivity index (χ1v) is 10.8. The first-order chi connectivity index (χ1) is 16.1. The molecular formula is C25H28N4O4. The largest absolute Gasteiger partial charge is 0.496 e. The van der Waals surface area contributed by atoms with Gasteiger partial charge in [0.15, 0.2) is 11.6 Å². The Balaban J connectivity index is 1.42. The highest BCUT2D eigenvalue weighted by Gasteiger charge is 2.16. The number of pyridine rings is 1. The highest BCUT2D eigenvalue weighted by molar-refractivity contribution is 6.04. The maximum atomic E-state index is 13.0. The van der Waals surface area contributed by atoms with Gasteiger partial charge in [-0.25, -0.2) is 4.98 Å². The quantitative estimate of drug-likeness (QED) is 0.545. The number of carbonyl (C=O) groups is 1. The normalized spacial score (nSPS) is 14.0. The molecule has 1 aliphatic heterocycles. The number of carbonyl (C=O) groups excluding carboxylic acids is 1. The number of amides is 1. The molecule has 3 N–H and O–H groups in total. The van der Waals surface area contributed by atoms with Gasteiger partial charge in [-0.1, -0.05) is 12.1 Å². The third kappa shape index (κ3) is 6.00. The number of nitrogens with one attached hydrogen (secondary N) is 1. The van der Waals surface area contributed by atoms with Crippen LogP contribution < -0.4 is 20.5 Å². The first kappa shape index (κ1) is 22.6. The molecule has 0 saturated carbocycles. The van der Waals surface area contributed by atoms with Gasteiger partial charge in [-0.3, -0.25) is 9.69 Å². The van der Waals surface area contributed by atoms with Crippen molar-refractivity contribution in [1.82, 2.24) is 9.88 Å². The molecule has 4 rings (SSSR count). The molecule has 172 valence electrons. The lowest BCUT2D eigenvalue weighted by atomic mass is 10.1. The smallest absolute Gasteiger partial charge is 0.255 e. The Kier molecular flexibility index (Phi) is 7.39. The fourth-order valence-electron chi connectivity index (χ4n) is 3.67. The second kappa shape index (κ2) is 10.8. The summed E-state index contributed by atoms with van der Waals surface area (Å²) in [5.74, 6) is 1.45. The molecule has 1 amide bonds. The molecule has 0 radical (unpaired) electrons. The van der Waals surface area contributed by atoms with Crippen molar-refractivity contribution in [3.8, 4) is 11.5 Å². The fraction of sp³-hybridized carbons (Fsp3) is 0.280. The van der Waals surface area contributed by atoms with Crippen molar-refractivity contribution < 1.29 is 19.0 Å². The van der Waals surface area contributed by atoms with E-state index < -0.39 is 0 Å². The standard InChI is InChI=1S/C25H28N4O4/c1-31-22-8-7-19(15-20(22)16-29-10-12-32-13-11-29)25(30)28-21-5-2-4-18(14-21)17-33-23-6-3-9-27-24(23)26/h2-9,14-15H,10-13,16-17H2,1H3,(H2,26,27)(H,28,30). The number of nitrogen functional groups attached to an aromatic ring is 1. The molecule has 2 aromatic carbocycles. The average Bonchev–Trinajstić information content (AvgIpc) is 2.84. The number of ether oxygens (including phenoxy) is 3. The molecule has 0 atom stereocenters. The number of nitrogens with two attached hydrogens (primary N) is 1. The molecular weight excluding hydrogens is 420 g/mol. The van der Waals surface area contributed by atoms with E-state index in [9.17, 15) is 4.79 Å². The summed E-state index contributed by atoms with van der Waals surface area (Å²) in [7, 11) is 1.64. The van der Waals surface area contributed by atoms with Gasteiger partial charge in [0.25, 0.3) is 5.91 Å². The van der Waals surface area contributed by atoms with Crippen molar-refractivity contribution in [3.63, 3.8) is 0 Å². The molecule has 1 aromatic heterocycles. The van der Waals surface area contributed by atoms with Crippen LogP contribution in [0.4, 0.5) is 11.5 Å². The minimum atomic E-state index is -0.185. The fourth-order valence-corrected chi connectivity index (χ4v) is 3.67. The van der Waals surface area contributed by atoms with Crippen molar-refractivity contribution in [2.75, 3.05) is 44.5 Å². The molecule has 8 nitrogen and oxygen atoms in total. The van der Waals surface area contributed by atoms with Crippen molar-refractivity contribution in [3.05, 3.63) is 77.5 Å². The SMILES string of the molecule is COc1ccc(C(=O)Nc2cccc(COc3cccnc3N)c2)cc1CN1CCOCC1. The van der Waals surface area contributed by atoms with Crippen molar-refractivity contribution >= 4 is 17.4 Å². The van der Waals surface area contributed by atoms with Crippen molar-refractivity contribution in [1.29, 1.82) is 0 Å². The molecule has 0 aliphatic carbocycles. The van der Waals surface area contributed by atoms with Crippen LogP contribution in [0.2, 0.25) is 0 Å². The zero-order valence-electron chi connectivity index (χ0n) is 18.6. The molecule has 2 heterocycles. The van der Waals surface area contributed by atoms with Crippen LogP contribution >= 0.6 is 0 Å². The molecule has 1 aliphatic rings. The molecule has 1 fully saturated rings. The van der Waals surface area contributed by atoms with Gasteiger partial charge < -0.3 is 25.3 Å². The molecule has 1 saturated heterocycles. The number of nitrogens with zero attached hydrogens (tertiary/aromatic N) is 2. The van der Waals surface area contributed by atoms with E-state index in [2.05, 4.69) is 15.2 Å². The molecule has 0 spiro atoms. The minimum Gasteiger partial charge on any atom is -0.496 e. The number of aromatic nitrogens is 1. The van der Waals surface area contributed by atoms with Gasteiger partial charge in [0.2, 0.25) is 0 Å². The van der Waals surface area contributed by atoms with Gasteiger partial charge in [0.05, 0.1) is 20.3 Å². The monoisotopic (exact) mass is 448 g/mol. The van der Waals surface area contributed by atoms with Gasteiger partial charge in [-0.15, -0.1) is 0 Å². The Morgan fingerprint density at radius 2 is 1.97 bits per heavy atom. The van der Waals surface area contributed by atoms with E-state index in [-0.39, 0.29) is 5.91 Å². The number of rotatable bonds is 8. The lowest BCUT2D eigenvalue weighted by molar-refractivity contribution is 0.0338.